The van der Waals surface area contributed by atoms with Gasteiger partial charge in [0.1, 0.15) is 5.82 Å². The normalized spacial score (nSPS) is 19.2. The zero-order valence-electron chi connectivity index (χ0n) is 18.5. The lowest BCUT2D eigenvalue weighted by atomic mass is 10.1. The van der Waals surface area contributed by atoms with Gasteiger partial charge in [-0.1, -0.05) is 11.3 Å². The van der Waals surface area contributed by atoms with Crippen molar-refractivity contribution < 1.29 is 19.1 Å². The molecule has 4 heterocycles. The van der Waals surface area contributed by atoms with Gasteiger partial charge in [0, 0.05) is 25.7 Å². The van der Waals surface area contributed by atoms with Crippen LogP contribution in [-0.4, -0.2) is 66.3 Å². The number of nitrogens with one attached hydrogen (secondary N) is 1. The number of amides is 2. The van der Waals surface area contributed by atoms with E-state index in [9.17, 15) is 9.59 Å². The number of nitrogens with zero attached hydrogens (tertiary/aromatic N) is 4. The third kappa shape index (κ3) is 3.81. The molecule has 1 N–H and O–H groups in total. The van der Waals surface area contributed by atoms with E-state index < -0.39 is 6.09 Å². The van der Waals surface area contributed by atoms with Gasteiger partial charge in [-0.3, -0.25) is 10.1 Å². The summed E-state index contributed by atoms with van der Waals surface area (Å²) in [5.41, 5.74) is 3.27. The Hall–Kier alpha value is -2.72. The molecule has 1 saturated carbocycles. The Balaban J connectivity index is 1.55. The van der Waals surface area contributed by atoms with Crippen molar-refractivity contribution in [2.75, 3.05) is 43.6 Å². The molecule has 0 radical (unpaired) electrons. The molecule has 1 atom stereocenters. The molecule has 2 amide bonds. The maximum Gasteiger partial charge on any atom is 0.413 e. The molecule has 1 saturated heterocycles. The van der Waals surface area contributed by atoms with Crippen molar-refractivity contribution in [1.82, 2.24) is 14.9 Å². The first-order valence-corrected chi connectivity index (χ1v) is 11.8. The van der Waals surface area contributed by atoms with Crippen LogP contribution in [0.25, 0.3) is 10.6 Å². The molecule has 170 valence electrons. The van der Waals surface area contributed by atoms with Crippen molar-refractivity contribution in [3.05, 3.63) is 22.9 Å². The van der Waals surface area contributed by atoms with E-state index in [-0.39, 0.29) is 11.9 Å². The van der Waals surface area contributed by atoms with Crippen molar-refractivity contribution in [2.24, 2.45) is 5.92 Å². The number of pyridine rings is 1. The Morgan fingerprint density at radius 3 is 2.75 bits per heavy atom. The van der Waals surface area contributed by atoms with Gasteiger partial charge in [0.15, 0.2) is 5.13 Å². The molecule has 0 bridgehead atoms. The van der Waals surface area contributed by atoms with Gasteiger partial charge in [0.25, 0.3) is 5.91 Å². The topological polar surface area (TPSA) is 96.9 Å². The number of aromatic nitrogens is 2. The SMILES string of the molecule is COC(=O)Nc1nc(C)c(-c2cc3c(c(N4CCOCC4)n2)C(=O)N([C@@H](C)C2CC2)C3)s1. The van der Waals surface area contributed by atoms with Crippen LogP contribution in [0.4, 0.5) is 15.7 Å². The van der Waals surface area contributed by atoms with Crippen molar-refractivity contribution in [3.63, 3.8) is 0 Å². The number of ether oxygens (including phenoxy) is 2. The number of thiazole rings is 1. The molecule has 3 aliphatic rings. The van der Waals surface area contributed by atoms with Gasteiger partial charge in [0.05, 0.1) is 42.2 Å². The number of fused-ring (bicyclic) bond motifs is 1. The first kappa shape index (κ1) is 21.1. The second-order valence-corrected chi connectivity index (χ2v) is 9.52. The number of anilines is 2. The van der Waals surface area contributed by atoms with Crippen LogP contribution in [0.3, 0.4) is 0 Å². The average molecular weight is 458 g/mol. The molecule has 2 fully saturated rings. The summed E-state index contributed by atoms with van der Waals surface area (Å²) < 4.78 is 10.2. The Kier molecular flexibility index (Phi) is 5.50. The maximum absolute atomic E-state index is 13.5. The minimum absolute atomic E-state index is 0.0778. The van der Waals surface area contributed by atoms with Crippen LogP contribution in [-0.2, 0) is 16.0 Å². The molecular weight excluding hydrogens is 430 g/mol. The minimum Gasteiger partial charge on any atom is -0.453 e. The highest BCUT2D eigenvalue weighted by Gasteiger charge is 2.41. The monoisotopic (exact) mass is 457 g/mol. The zero-order valence-corrected chi connectivity index (χ0v) is 19.3. The van der Waals surface area contributed by atoms with Gasteiger partial charge in [-0.15, -0.1) is 0 Å². The summed E-state index contributed by atoms with van der Waals surface area (Å²) in [6.45, 7) is 7.28. The van der Waals surface area contributed by atoms with Crippen LogP contribution in [0, 0.1) is 12.8 Å². The highest BCUT2D eigenvalue weighted by atomic mass is 32.1. The quantitative estimate of drug-likeness (QED) is 0.736. The van der Waals surface area contributed by atoms with E-state index >= 15 is 0 Å². The lowest BCUT2D eigenvalue weighted by Crippen LogP contribution is -2.39. The molecule has 10 heteroatoms. The van der Waals surface area contributed by atoms with E-state index in [1.54, 1.807) is 0 Å². The number of hydrogen-bond donors (Lipinski definition) is 1. The van der Waals surface area contributed by atoms with Gasteiger partial charge < -0.3 is 19.3 Å². The Labute approximate surface area is 190 Å². The Bertz CT molecular complexity index is 1060. The molecule has 0 spiro atoms. The molecular formula is C22H27N5O4S. The van der Waals surface area contributed by atoms with Crippen LogP contribution in [0.5, 0.6) is 0 Å². The molecule has 2 aromatic heterocycles. The third-order valence-corrected chi connectivity index (χ3v) is 7.52. The Morgan fingerprint density at radius 2 is 2.06 bits per heavy atom. The summed E-state index contributed by atoms with van der Waals surface area (Å²) in [7, 11) is 1.32. The lowest BCUT2D eigenvalue weighted by molar-refractivity contribution is 0.0697. The third-order valence-electron chi connectivity index (χ3n) is 6.43. The van der Waals surface area contributed by atoms with Crippen molar-refractivity contribution in [1.29, 1.82) is 0 Å². The van der Waals surface area contributed by atoms with E-state index in [1.807, 2.05) is 17.9 Å². The summed E-state index contributed by atoms with van der Waals surface area (Å²) in [5, 5.41) is 3.09. The second kappa shape index (κ2) is 8.32. The number of rotatable bonds is 5. The number of methoxy groups -OCH3 is 1. The van der Waals surface area contributed by atoms with Gasteiger partial charge >= 0.3 is 6.09 Å². The number of hydrogen-bond acceptors (Lipinski definition) is 8. The molecule has 9 nitrogen and oxygen atoms in total. The zero-order chi connectivity index (χ0) is 22.4. The predicted octanol–water partition coefficient (Wildman–Crippen LogP) is 3.28. The van der Waals surface area contributed by atoms with Crippen molar-refractivity contribution in [3.8, 4) is 10.6 Å². The highest BCUT2D eigenvalue weighted by Crippen LogP contribution is 2.42. The van der Waals surface area contributed by atoms with Crippen molar-refractivity contribution in [2.45, 2.75) is 39.3 Å². The molecule has 32 heavy (non-hydrogen) atoms. The fourth-order valence-electron chi connectivity index (χ4n) is 4.45. The Morgan fingerprint density at radius 1 is 1.31 bits per heavy atom. The molecule has 2 aliphatic heterocycles. The standard InChI is InChI=1S/C22H27N5O4S/c1-12-18(32-21(23-12)25-22(29)30-3)16-10-15-11-27(13(2)14-4-5-14)20(28)17(15)19(24-16)26-6-8-31-9-7-26/h10,13-14H,4-9,11H2,1-3H3,(H,23,25,29)/t13-/m0/s1. The predicted molar refractivity (Wildman–Crippen MR) is 121 cm³/mol. The molecule has 5 rings (SSSR count). The van der Waals surface area contributed by atoms with E-state index in [0.717, 1.165) is 33.2 Å². The lowest BCUT2D eigenvalue weighted by Gasteiger charge is -2.29. The fraction of sp³-hybridized carbons (Fsp3) is 0.545. The minimum atomic E-state index is -0.559. The van der Waals surface area contributed by atoms with Crippen LogP contribution in [0.1, 0.15) is 41.4 Å². The van der Waals surface area contributed by atoms with Gasteiger partial charge in [-0.25, -0.2) is 14.8 Å². The first-order valence-electron chi connectivity index (χ1n) is 11.0. The fourth-order valence-corrected chi connectivity index (χ4v) is 5.36. The second-order valence-electron chi connectivity index (χ2n) is 8.53. The number of aryl methyl sites for hydroxylation is 1. The molecule has 1 aliphatic carbocycles. The van der Waals surface area contributed by atoms with Gasteiger partial charge in [-0.2, -0.15) is 0 Å². The van der Waals surface area contributed by atoms with E-state index in [0.29, 0.717) is 43.9 Å². The first-order chi connectivity index (χ1) is 15.5. The van der Waals surface area contributed by atoms with Gasteiger partial charge in [0.2, 0.25) is 0 Å². The van der Waals surface area contributed by atoms with Crippen LogP contribution in [0.2, 0.25) is 0 Å². The van der Waals surface area contributed by atoms with E-state index in [4.69, 9.17) is 9.72 Å². The summed E-state index contributed by atoms with van der Waals surface area (Å²) in [4.78, 5) is 39.5. The molecule has 0 unspecified atom stereocenters. The summed E-state index contributed by atoms with van der Waals surface area (Å²) in [6.07, 6.45) is 1.82. The summed E-state index contributed by atoms with van der Waals surface area (Å²) >= 11 is 1.35. The van der Waals surface area contributed by atoms with Crippen LogP contribution >= 0.6 is 11.3 Å². The van der Waals surface area contributed by atoms with Crippen LogP contribution in [0.15, 0.2) is 6.07 Å². The maximum atomic E-state index is 13.5. The average Bonchev–Trinajstić information content (AvgIpc) is 3.52. The highest BCUT2D eigenvalue weighted by molar-refractivity contribution is 7.19. The summed E-state index contributed by atoms with van der Waals surface area (Å²) in [6, 6.07) is 2.25. The molecule has 2 aromatic rings. The van der Waals surface area contributed by atoms with Crippen LogP contribution < -0.4 is 10.2 Å². The van der Waals surface area contributed by atoms with E-state index in [2.05, 4.69) is 26.9 Å². The molecule has 0 aromatic carbocycles. The van der Waals surface area contributed by atoms with E-state index in [1.165, 1.54) is 31.3 Å². The number of morpholine rings is 1. The summed E-state index contributed by atoms with van der Waals surface area (Å²) in [5.74, 6) is 1.41. The van der Waals surface area contributed by atoms with Gasteiger partial charge in [-0.05, 0) is 44.2 Å². The number of carbonyl (C=O) groups excluding carboxylic acids is 2. The number of carbonyl (C=O) groups is 2. The smallest absolute Gasteiger partial charge is 0.413 e. The largest absolute Gasteiger partial charge is 0.453 e. The van der Waals surface area contributed by atoms with Crippen molar-refractivity contribution >= 4 is 34.3 Å².